The van der Waals surface area contributed by atoms with Crippen molar-refractivity contribution in [3.8, 4) is 0 Å². The lowest BCUT2D eigenvalue weighted by Gasteiger charge is -2.25. The predicted molar refractivity (Wildman–Crippen MR) is 55.6 cm³/mol. The van der Waals surface area contributed by atoms with Crippen molar-refractivity contribution < 1.29 is 9.50 Å². The Bertz CT molecular complexity index is 316. The number of benzene rings is 1. The van der Waals surface area contributed by atoms with Gasteiger partial charge in [0.1, 0.15) is 5.82 Å². The molecule has 1 aromatic rings. The minimum atomic E-state index is -0.880. The van der Waals surface area contributed by atoms with E-state index in [1.165, 1.54) is 6.07 Å². The van der Waals surface area contributed by atoms with Crippen LogP contribution in [0.15, 0.2) is 18.2 Å². The molecule has 0 spiro atoms. The van der Waals surface area contributed by atoms with Gasteiger partial charge in [-0.3, -0.25) is 0 Å². The van der Waals surface area contributed by atoms with E-state index in [2.05, 4.69) is 0 Å². The molecule has 0 bridgehead atoms. The molecule has 0 saturated carbocycles. The van der Waals surface area contributed by atoms with Gasteiger partial charge < -0.3 is 5.11 Å². The summed E-state index contributed by atoms with van der Waals surface area (Å²) in [5.74, 6) is -0.247. The van der Waals surface area contributed by atoms with Crippen molar-refractivity contribution in [1.82, 2.24) is 0 Å². The zero-order chi connectivity index (χ0) is 10.8. The molecule has 1 aromatic carbocycles. The minimum Gasteiger partial charge on any atom is -0.385 e. The lowest BCUT2D eigenvalue weighted by molar-refractivity contribution is 0.0281. The number of rotatable bonds is 3. The molecule has 1 nitrogen and oxygen atoms in total. The molecule has 0 atom stereocenters. The van der Waals surface area contributed by atoms with Crippen LogP contribution in [-0.2, 0) is 5.60 Å². The average molecular weight is 196 g/mol. The molecule has 0 unspecified atom stereocenters. The molecule has 0 amide bonds. The molecule has 1 rings (SSSR count). The molecule has 0 heterocycles. The van der Waals surface area contributed by atoms with E-state index in [4.69, 9.17) is 0 Å². The summed E-state index contributed by atoms with van der Waals surface area (Å²) in [5, 5.41) is 10.1. The Kier molecular flexibility index (Phi) is 3.27. The molecular formula is C12H17FO. The van der Waals surface area contributed by atoms with Crippen molar-refractivity contribution >= 4 is 0 Å². The Morgan fingerprint density at radius 2 is 1.86 bits per heavy atom. The highest BCUT2D eigenvalue weighted by atomic mass is 19.1. The minimum absolute atomic E-state index is 0.247. The first kappa shape index (κ1) is 11.2. The molecule has 0 radical (unpaired) electrons. The first-order valence-electron chi connectivity index (χ1n) is 5.02. The fraction of sp³-hybridized carbons (Fsp3) is 0.500. The van der Waals surface area contributed by atoms with Crippen molar-refractivity contribution in [2.45, 2.75) is 39.2 Å². The van der Waals surface area contributed by atoms with Gasteiger partial charge in [0.15, 0.2) is 0 Å². The Morgan fingerprint density at radius 1 is 1.29 bits per heavy atom. The van der Waals surface area contributed by atoms with Crippen LogP contribution in [0.1, 0.15) is 37.8 Å². The zero-order valence-corrected chi connectivity index (χ0v) is 8.97. The molecule has 1 N–H and O–H groups in total. The average Bonchev–Trinajstić information content (AvgIpc) is 2.21. The summed E-state index contributed by atoms with van der Waals surface area (Å²) >= 11 is 0. The van der Waals surface area contributed by atoms with Crippen LogP contribution in [0.25, 0.3) is 0 Å². The van der Waals surface area contributed by atoms with Crippen LogP contribution >= 0.6 is 0 Å². The second kappa shape index (κ2) is 4.09. The van der Waals surface area contributed by atoms with Gasteiger partial charge in [-0.05, 0) is 37.0 Å². The van der Waals surface area contributed by atoms with Gasteiger partial charge in [0, 0.05) is 0 Å². The molecule has 78 valence electrons. The maximum Gasteiger partial charge on any atom is 0.126 e. The van der Waals surface area contributed by atoms with E-state index < -0.39 is 5.60 Å². The monoisotopic (exact) mass is 196 g/mol. The number of hydrogen-bond acceptors (Lipinski definition) is 1. The van der Waals surface area contributed by atoms with Gasteiger partial charge in [-0.1, -0.05) is 26.0 Å². The van der Waals surface area contributed by atoms with E-state index >= 15 is 0 Å². The molecule has 0 fully saturated rings. The third-order valence-electron chi connectivity index (χ3n) is 2.88. The number of hydrogen-bond donors (Lipinski definition) is 1. The van der Waals surface area contributed by atoms with Crippen LogP contribution in [0.3, 0.4) is 0 Å². The summed E-state index contributed by atoms with van der Waals surface area (Å²) in [4.78, 5) is 0. The van der Waals surface area contributed by atoms with Crippen LogP contribution in [0.2, 0.25) is 0 Å². The zero-order valence-electron chi connectivity index (χ0n) is 8.97. The molecule has 2 heteroatoms. The summed E-state index contributed by atoms with van der Waals surface area (Å²) in [6.45, 7) is 5.53. The molecule has 0 saturated heterocycles. The van der Waals surface area contributed by atoms with Gasteiger partial charge in [-0.15, -0.1) is 0 Å². The van der Waals surface area contributed by atoms with Crippen LogP contribution < -0.4 is 0 Å². The van der Waals surface area contributed by atoms with E-state index in [1.807, 2.05) is 13.8 Å². The summed E-state index contributed by atoms with van der Waals surface area (Å²) < 4.78 is 13.3. The topological polar surface area (TPSA) is 20.2 Å². The first-order valence-corrected chi connectivity index (χ1v) is 5.02. The fourth-order valence-electron chi connectivity index (χ4n) is 1.54. The van der Waals surface area contributed by atoms with Crippen LogP contribution in [0.4, 0.5) is 4.39 Å². The first-order chi connectivity index (χ1) is 6.53. The molecule has 0 aliphatic rings. The summed E-state index contributed by atoms with van der Waals surface area (Å²) in [6.07, 6.45) is 1.21. The normalized spacial score (nSPS) is 11.8. The van der Waals surface area contributed by atoms with Crippen LogP contribution in [0.5, 0.6) is 0 Å². The number of aryl methyl sites for hydroxylation is 1. The number of aliphatic hydroxyl groups is 1. The fourth-order valence-corrected chi connectivity index (χ4v) is 1.54. The second-order valence-corrected chi connectivity index (χ2v) is 3.70. The Labute approximate surface area is 84.6 Å². The lowest BCUT2D eigenvalue weighted by atomic mass is 9.88. The van der Waals surface area contributed by atoms with Crippen LogP contribution in [-0.4, -0.2) is 5.11 Å². The van der Waals surface area contributed by atoms with Crippen molar-refractivity contribution in [2.75, 3.05) is 0 Å². The highest BCUT2D eigenvalue weighted by Gasteiger charge is 2.25. The Balaban J connectivity index is 3.12. The van der Waals surface area contributed by atoms with Crippen molar-refractivity contribution in [3.05, 3.63) is 35.1 Å². The maximum absolute atomic E-state index is 13.3. The van der Waals surface area contributed by atoms with E-state index in [0.717, 1.165) is 0 Å². The van der Waals surface area contributed by atoms with Crippen LogP contribution in [0, 0.1) is 12.7 Å². The Hall–Kier alpha value is -0.890. The standard InChI is InChI=1S/C12H17FO/c1-4-12(14,5-2)10-7-6-9(3)11(13)8-10/h6-8,14H,4-5H2,1-3H3. The second-order valence-electron chi connectivity index (χ2n) is 3.70. The van der Waals surface area contributed by atoms with E-state index in [9.17, 15) is 9.50 Å². The van der Waals surface area contributed by atoms with Gasteiger partial charge in [-0.25, -0.2) is 4.39 Å². The smallest absolute Gasteiger partial charge is 0.126 e. The van der Waals surface area contributed by atoms with Crippen molar-refractivity contribution in [2.24, 2.45) is 0 Å². The highest BCUT2D eigenvalue weighted by molar-refractivity contribution is 5.27. The third kappa shape index (κ3) is 1.95. The maximum atomic E-state index is 13.3. The van der Waals surface area contributed by atoms with Gasteiger partial charge in [-0.2, -0.15) is 0 Å². The molecule has 0 aliphatic heterocycles. The molecular weight excluding hydrogens is 179 g/mol. The SMILES string of the molecule is CCC(O)(CC)c1ccc(C)c(F)c1. The predicted octanol–water partition coefficient (Wildman–Crippen LogP) is 3.14. The summed E-state index contributed by atoms with van der Waals surface area (Å²) in [7, 11) is 0. The quantitative estimate of drug-likeness (QED) is 0.787. The van der Waals surface area contributed by atoms with E-state index in [0.29, 0.717) is 24.0 Å². The molecule has 0 aliphatic carbocycles. The van der Waals surface area contributed by atoms with Gasteiger partial charge in [0.2, 0.25) is 0 Å². The van der Waals surface area contributed by atoms with E-state index in [1.54, 1.807) is 19.1 Å². The van der Waals surface area contributed by atoms with Gasteiger partial charge >= 0.3 is 0 Å². The van der Waals surface area contributed by atoms with Gasteiger partial charge in [0.05, 0.1) is 5.60 Å². The van der Waals surface area contributed by atoms with Gasteiger partial charge in [0.25, 0.3) is 0 Å². The summed E-state index contributed by atoms with van der Waals surface area (Å²) in [5.41, 5.74) is 0.406. The molecule has 14 heavy (non-hydrogen) atoms. The Morgan fingerprint density at radius 3 is 2.29 bits per heavy atom. The van der Waals surface area contributed by atoms with Crippen molar-refractivity contribution in [1.29, 1.82) is 0 Å². The largest absolute Gasteiger partial charge is 0.385 e. The molecule has 0 aromatic heterocycles. The summed E-state index contributed by atoms with van der Waals surface area (Å²) in [6, 6.07) is 4.94. The third-order valence-corrected chi connectivity index (χ3v) is 2.88. The number of halogens is 1. The highest BCUT2D eigenvalue weighted by Crippen LogP contribution is 2.29. The van der Waals surface area contributed by atoms with Crippen molar-refractivity contribution in [3.63, 3.8) is 0 Å². The van der Waals surface area contributed by atoms with E-state index in [-0.39, 0.29) is 5.82 Å². The lowest BCUT2D eigenvalue weighted by Crippen LogP contribution is -2.23.